The number of carbonyl (C=O) groups is 2. The minimum absolute atomic E-state index is 0.0324. The summed E-state index contributed by atoms with van der Waals surface area (Å²) in [5.74, 6) is -1.04. The van der Waals surface area contributed by atoms with Crippen molar-refractivity contribution in [3.63, 3.8) is 0 Å². The van der Waals surface area contributed by atoms with Crippen LogP contribution in [0.4, 0.5) is 0 Å². The van der Waals surface area contributed by atoms with Gasteiger partial charge in [0.05, 0.1) is 5.41 Å². The Balaban J connectivity index is 2.17. The van der Waals surface area contributed by atoms with Crippen molar-refractivity contribution in [2.45, 2.75) is 19.8 Å². The minimum Gasteiger partial charge on any atom is -0.508 e. The summed E-state index contributed by atoms with van der Waals surface area (Å²) in [6, 6.07) is 6.11. The van der Waals surface area contributed by atoms with Gasteiger partial charge in [0.25, 0.3) is 5.91 Å². The summed E-state index contributed by atoms with van der Waals surface area (Å²) in [6.07, 6.45) is 0.982. The number of phenols is 1. The third-order valence-electron chi connectivity index (χ3n) is 3.86. The largest absolute Gasteiger partial charge is 0.508 e. The zero-order valence-corrected chi connectivity index (χ0v) is 10.8. The first-order chi connectivity index (χ1) is 8.98. The number of benzene rings is 1. The van der Waals surface area contributed by atoms with Crippen molar-refractivity contribution in [1.29, 1.82) is 0 Å². The molecular weight excluding hydrogens is 246 g/mol. The number of likely N-dealkylation sites (tertiary alicyclic amines) is 1. The SMILES string of the molecule is CCC1(C(=O)O)CCN(C(=O)c2cccc(O)c2)C1. The van der Waals surface area contributed by atoms with E-state index in [9.17, 15) is 19.8 Å². The van der Waals surface area contributed by atoms with Gasteiger partial charge in [-0.2, -0.15) is 0 Å². The fourth-order valence-corrected chi connectivity index (χ4v) is 2.48. The normalized spacial score (nSPS) is 22.5. The van der Waals surface area contributed by atoms with E-state index in [2.05, 4.69) is 0 Å². The predicted octanol–water partition coefficient (Wildman–Crippen LogP) is 1.72. The summed E-state index contributed by atoms with van der Waals surface area (Å²) in [5, 5.41) is 18.7. The first-order valence-corrected chi connectivity index (χ1v) is 6.30. The van der Waals surface area contributed by atoms with Gasteiger partial charge < -0.3 is 15.1 Å². The van der Waals surface area contributed by atoms with Crippen LogP contribution < -0.4 is 0 Å². The molecule has 0 aliphatic carbocycles. The highest BCUT2D eigenvalue weighted by atomic mass is 16.4. The number of carboxylic acids is 1. The summed E-state index contributed by atoms with van der Waals surface area (Å²) in [4.78, 5) is 25.1. The highest BCUT2D eigenvalue weighted by Crippen LogP contribution is 2.35. The number of aromatic hydroxyl groups is 1. The second-order valence-corrected chi connectivity index (χ2v) is 4.97. The Bertz CT molecular complexity index is 514. The number of phenolic OH excluding ortho intramolecular Hbond substituents is 1. The van der Waals surface area contributed by atoms with Gasteiger partial charge in [-0.1, -0.05) is 13.0 Å². The lowest BCUT2D eigenvalue weighted by Crippen LogP contribution is -2.36. The molecule has 1 aliphatic rings. The van der Waals surface area contributed by atoms with Gasteiger partial charge in [0.2, 0.25) is 0 Å². The Morgan fingerprint density at radius 2 is 2.16 bits per heavy atom. The Labute approximate surface area is 111 Å². The number of hydrogen-bond donors (Lipinski definition) is 2. The van der Waals surface area contributed by atoms with Crippen molar-refractivity contribution < 1.29 is 19.8 Å². The van der Waals surface area contributed by atoms with Crippen LogP contribution in [0.2, 0.25) is 0 Å². The molecule has 1 aromatic rings. The third kappa shape index (κ3) is 2.41. The predicted molar refractivity (Wildman–Crippen MR) is 69.0 cm³/mol. The van der Waals surface area contributed by atoms with Crippen molar-refractivity contribution in [3.8, 4) is 5.75 Å². The number of nitrogens with zero attached hydrogens (tertiary/aromatic N) is 1. The van der Waals surface area contributed by atoms with Crippen molar-refractivity contribution in [2.75, 3.05) is 13.1 Å². The molecule has 0 radical (unpaired) electrons. The average molecular weight is 263 g/mol. The van der Waals surface area contributed by atoms with E-state index < -0.39 is 11.4 Å². The number of rotatable bonds is 3. The van der Waals surface area contributed by atoms with Gasteiger partial charge in [-0.25, -0.2) is 0 Å². The first-order valence-electron chi connectivity index (χ1n) is 6.30. The van der Waals surface area contributed by atoms with Crippen molar-refractivity contribution in [1.82, 2.24) is 4.90 Å². The standard InChI is InChI=1S/C14H17NO4/c1-2-14(13(18)19)6-7-15(9-14)12(17)10-4-3-5-11(16)8-10/h3-5,8,16H,2,6-7,9H2,1H3,(H,18,19). The number of amides is 1. The van der Waals surface area contributed by atoms with Gasteiger partial charge in [0.1, 0.15) is 5.75 Å². The zero-order valence-electron chi connectivity index (χ0n) is 10.8. The maximum Gasteiger partial charge on any atom is 0.311 e. The second-order valence-electron chi connectivity index (χ2n) is 4.97. The van der Waals surface area contributed by atoms with Crippen LogP contribution in [0.3, 0.4) is 0 Å². The van der Waals surface area contributed by atoms with Crippen LogP contribution in [-0.4, -0.2) is 40.1 Å². The van der Waals surface area contributed by atoms with Crippen molar-refractivity contribution in [2.24, 2.45) is 5.41 Å². The van der Waals surface area contributed by atoms with Crippen LogP contribution in [0.25, 0.3) is 0 Å². The topological polar surface area (TPSA) is 77.8 Å². The van der Waals surface area contributed by atoms with Gasteiger partial charge >= 0.3 is 5.97 Å². The van der Waals surface area contributed by atoms with Crippen LogP contribution in [0.1, 0.15) is 30.1 Å². The molecule has 1 saturated heterocycles. The molecule has 2 N–H and O–H groups in total. The zero-order chi connectivity index (χ0) is 14.0. The van der Waals surface area contributed by atoms with Gasteiger partial charge in [-0.05, 0) is 31.0 Å². The second kappa shape index (κ2) is 4.91. The molecule has 102 valence electrons. The molecule has 1 heterocycles. The van der Waals surface area contributed by atoms with Crippen LogP contribution in [-0.2, 0) is 4.79 Å². The van der Waals surface area contributed by atoms with Crippen LogP contribution >= 0.6 is 0 Å². The lowest BCUT2D eigenvalue weighted by atomic mass is 9.84. The van der Waals surface area contributed by atoms with Crippen molar-refractivity contribution in [3.05, 3.63) is 29.8 Å². The molecule has 0 spiro atoms. The van der Waals surface area contributed by atoms with Gasteiger partial charge in [0, 0.05) is 18.7 Å². The molecule has 0 bridgehead atoms. The fourth-order valence-electron chi connectivity index (χ4n) is 2.48. The summed E-state index contributed by atoms with van der Waals surface area (Å²) >= 11 is 0. The summed E-state index contributed by atoms with van der Waals surface area (Å²) in [5.41, 5.74) is -0.441. The van der Waals surface area contributed by atoms with Crippen LogP contribution in [0.5, 0.6) is 5.75 Å². The Morgan fingerprint density at radius 3 is 2.68 bits per heavy atom. The molecule has 1 atom stereocenters. The lowest BCUT2D eigenvalue weighted by molar-refractivity contribution is -0.148. The van der Waals surface area contributed by atoms with Crippen LogP contribution in [0, 0.1) is 5.41 Å². The lowest BCUT2D eigenvalue weighted by Gasteiger charge is -2.23. The molecule has 5 nitrogen and oxygen atoms in total. The van der Waals surface area contributed by atoms with E-state index in [1.807, 2.05) is 6.92 Å². The highest BCUT2D eigenvalue weighted by molar-refractivity contribution is 5.95. The van der Waals surface area contributed by atoms with Crippen LogP contribution in [0.15, 0.2) is 24.3 Å². The van der Waals surface area contributed by atoms with Gasteiger partial charge in [-0.3, -0.25) is 9.59 Å². The molecule has 1 unspecified atom stereocenters. The fraction of sp³-hybridized carbons (Fsp3) is 0.429. The highest BCUT2D eigenvalue weighted by Gasteiger charge is 2.44. The molecule has 19 heavy (non-hydrogen) atoms. The number of hydrogen-bond acceptors (Lipinski definition) is 3. The summed E-state index contributed by atoms with van der Waals surface area (Å²) in [7, 11) is 0. The number of aliphatic carboxylic acids is 1. The monoisotopic (exact) mass is 263 g/mol. The summed E-state index contributed by atoms with van der Waals surface area (Å²) < 4.78 is 0. The maximum atomic E-state index is 12.2. The van der Waals surface area contributed by atoms with E-state index >= 15 is 0 Å². The Hall–Kier alpha value is -2.04. The van der Waals surface area contributed by atoms with E-state index in [4.69, 9.17) is 0 Å². The molecule has 5 heteroatoms. The van der Waals surface area contributed by atoms with E-state index in [-0.39, 0.29) is 18.2 Å². The average Bonchev–Trinajstić information content (AvgIpc) is 2.83. The summed E-state index contributed by atoms with van der Waals surface area (Å²) in [6.45, 7) is 2.50. The molecule has 1 amide bonds. The molecule has 0 saturated carbocycles. The van der Waals surface area contributed by atoms with E-state index in [0.717, 1.165) is 0 Å². The first kappa shape index (κ1) is 13.4. The Morgan fingerprint density at radius 1 is 1.42 bits per heavy atom. The quantitative estimate of drug-likeness (QED) is 0.870. The van der Waals surface area contributed by atoms with E-state index in [1.54, 1.807) is 17.0 Å². The van der Waals surface area contributed by atoms with E-state index in [0.29, 0.717) is 24.9 Å². The van der Waals surface area contributed by atoms with E-state index in [1.165, 1.54) is 12.1 Å². The molecule has 1 aromatic carbocycles. The van der Waals surface area contributed by atoms with Crippen molar-refractivity contribution >= 4 is 11.9 Å². The molecule has 1 fully saturated rings. The number of carboxylic acid groups (broad SMARTS) is 1. The molecule has 2 rings (SSSR count). The molecular formula is C14H17NO4. The smallest absolute Gasteiger partial charge is 0.311 e. The maximum absolute atomic E-state index is 12.2. The molecule has 0 aromatic heterocycles. The Kier molecular flexibility index (Phi) is 3.46. The van der Waals surface area contributed by atoms with Gasteiger partial charge in [-0.15, -0.1) is 0 Å². The third-order valence-corrected chi connectivity index (χ3v) is 3.86. The number of carbonyl (C=O) groups excluding carboxylic acids is 1. The minimum atomic E-state index is -0.846. The van der Waals surface area contributed by atoms with Gasteiger partial charge in [0.15, 0.2) is 0 Å². The molecule has 1 aliphatic heterocycles.